The van der Waals surface area contributed by atoms with E-state index in [1.165, 1.54) is 0 Å². The number of ether oxygens (including phenoxy) is 1. The van der Waals surface area contributed by atoms with Crippen LogP contribution in [0.1, 0.15) is 17.2 Å². The van der Waals surface area contributed by atoms with Gasteiger partial charge in [0.05, 0.1) is 6.04 Å². The molecule has 0 bridgehead atoms. The van der Waals surface area contributed by atoms with Gasteiger partial charge < -0.3 is 10.1 Å². The number of alkyl carbamates (subject to hydrolysis) is 1. The number of aryl methyl sites for hydroxylation is 1. The standard InChI is InChI=1S/C9H10N2O2/c1-6-2-3-10-4-7(6)8-5-13-9(12)11-8/h2-4,8H,5H2,1H3,(H,11,12). The smallest absolute Gasteiger partial charge is 0.407 e. The summed E-state index contributed by atoms with van der Waals surface area (Å²) in [5.41, 5.74) is 2.14. The maximum absolute atomic E-state index is 10.8. The minimum absolute atomic E-state index is 0.0406. The van der Waals surface area contributed by atoms with E-state index in [1.54, 1.807) is 12.4 Å². The Balaban J connectivity index is 2.26. The number of cyclic esters (lactones) is 1. The number of hydrogen-bond donors (Lipinski definition) is 1. The highest BCUT2D eigenvalue weighted by Crippen LogP contribution is 2.19. The molecule has 4 nitrogen and oxygen atoms in total. The Morgan fingerprint density at radius 2 is 2.54 bits per heavy atom. The number of nitrogens with one attached hydrogen (secondary N) is 1. The van der Waals surface area contributed by atoms with Crippen molar-refractivity contribution in [3.05, 3.63) is 29.6 Å². The van der Waals surface area contributed by atoms with Crippen LogP contribution in [0.2, 0.25) is 0 Å². The zero-order chi connectivity index (χ0) is 9.26. The van der Waals surface area contributed by atoms with Crippen LogP contribution < -0.4 is 5.32 Å². The fourth-order valence-corrected chi connectivity index (χ4v) is 1.39. The van der Waals surface area contributed by atoms with Gasteiger partial charge in [-0.25, -0.2) is 4.79 Å². The fourth-order valence-electron chi connectivity index (χ4n) is 1.39. The quantitative estimate of drug-likeness (QED) is 0.702. The van der Waals surface area contributed by atoms with Gasteiger partial charge in [0.25, 0.3) is 0 Å². The molecule has 1 unspecified atom stereocenters. The van der Waals surface area contributed by atoms with Gasteiger partial charge in [-0.2, -0.15) is 0 Å². The van der Waals surface area contributed by atoms with Gasteiger partial charge in [-0.3, -0.25) is 4.98 Å². The van der Waals surface area contributed by atoms with Crippen molar-refractivity contribution < 1.29 is 9.53 Å². The molecule has 13 heavy (non-hydrogen) atoms. The SMILES string of the molecule is Cc1ccncc1C1COC(=O)N1. The van der Waals surface area contributed by atoms with Gasteiger partial charge in [0.2, 0.25) is 0 Å². The number of carbonyl (C=O) groups excluding carboxylic acids is 1. The Hall–Kier alpha value is -1.58. The van der Waals surface area contributed by atoms with Crippen molar-refractivity contribution in [2.24, 2.45) is 0 Å². The minimum Gasteiger partial charge on any atom is -0.447 e. The third-order valence-electron chi connectivity index (χ3n) is 2.13. The van der Waals surface area contributed by atoms with E-state index in [4.69, 9.17) is 4.74 Å². The highest BCUT2D eigenvalue weighted by molar-refractivity contribution is 5.70. The summed E-state index contributed by atoms with van der Waals surface area (Å²) in [4.78, 5) is 14.8. The summed E-state index contributed by atoms with van der Waals surface area (Å²) >= 11 is 0. The molecule has 1 amide bonds. The zero-order valence-corrected chi connectivity index (χ0v) is 7.28. The first-order chi connectivity index (χ1) is 6.27. The van der Waals surface area contributed by atoms with E-state index in [1.807, 2.05) is 13.0 Å². The number of amides is 1. The number of pyridine rings is 1. The predicted molar refractivity (Wildman–Crippen MR) is 46.2 cm³/mol. The third-order valence-corrected chi connectivity index (χ3v) is 2.13. The van der Waals surface area contributed by atoms with Crippen molar-refractivity contribution in [2.75, 3.05) is 6.61 Å². The summed E-state index contributed by atoms with van der Waals surface area (Å²) in [6.45, 7) is 2.38. The average Bonchev–Trinajstić information content (AvgIpc) is 2.53. The molecule has 0 radical (unpaired) electrons. The van der Waals surface area contributed by atoms with Gasteiger partial charge in [-0.1, -0.05) is 0 Å². The van der Waals surface area contributed by atoms with Crippen LogP contribution in [0.5, 0.6) is 0 Å². The summed E-state index contributed by atoms with van der Waals surface area (Å²) in [6.07, 6.45) is 3.14. The highest BCUT2D eigenvalue weighted by atomic mass is 16.6. The van der Waals surface area contributed by atoms with Crippen molar-refractivity contribution in [1.82, 2.24) is 10.3 Å². The maximum atomic E-state index is 10.8. The second-order valence-electron chi connectivity index (χ2n) is 3.03. The van der Waals surface area contributed by atoms with Crippen molar-refractivity contribution in [2.45, 2.75) is 13.0 Å². The van der Waals surface area contributed by atoms with Crippen LogP contribution >= 0.6 is 0 Å². The monoisotopic (exact) mass is 178 g/mol. The molecule has 1 fully saturated rings. The summed E-state index contributed by atoms with van der Waals surface area (Å²) in [7, 11) is 0. The molecule has 1 aromatic rings. The molecule has 68 valence electrons. The number of nitrogens with zero attached hydrogens (tertiary/aromatic N) is 1. The predicted octanol–water partition coefficient (Wildman–Crippen LogP) is 1.17. The Bertz CT molecular complexity index is 338. The van der Waals surface area contributed by atoms with Crippen LogP contribution in [0.15, 0.2) is 18.5 Å². The average molecular weight is 178 g/mol. The van der Waals surface area contributed by atoms with Crippen LogP contribution in [0, 0.1) is 6.92 Å². The van der Waals surface area contributed by atoms with Crippen molar-refractivity contribution in [3.63, 3.8) is 0 Å². The van der Waals surface area contributed by atoms with Crippen LogP contribution in [0.4, 0.5) is 4.79 Å². The number of aromatic nitrogens is 1. The Morgan fingerprint density at radius 1 is 1.69 bits per heavy atom. The molecule has 0 aromatic carbocycles. The van der Waals surface area contributed by atoms with E-state index in [-0.39, 0.29) is 12.1 Å². The minimum atomic E-state index is -0.353. The molecule has 1 aliphatic rings. The lowest BCUT2D eigenvalue weighted by Crippen LogP contribution is -2.19. The first-order valence-electron chi connectivity index (χ1n) is 4.11. The first-order valence-corrected chi connectivity index (χ1v) is 4.11. The van der Waals surface area contributed by atoms with E-state index in [0.29, 0.717) is 6.61 Å². The molecule has 1 N–H and O–H groups in total. The van der Waals surface area contributed by atoms with Gasteiger partial charge in [0.15, 0.2) is 0 Å². The van der Waals surface area contributed by atoms with Crippen molar-refractivity contribution >= 4 is 6.09 Å². The number of carbonyl (C=O) groups is 1. The number of hydrogen-bond acceptors (Lipinski definition) is 3. The van der Waals surface area contributed by atoms with E-state index >= 15 is 0 Å². The van der Waals surface area contributed by atoms with Crippen LogP contribution in [-0.2, 0) is 4.74 Å². The molecule has 0 spiro atoms. The lowest BCUT2D eigenvalue weighted by Gasteiger charge is -2.09. The van der Waals surface area contributed by atoms with Gasteiger partial charge in [-0.15, -0.1) is 0 Å². The summed E-state index contributed by atoms with van der Waals surface area (Å²) in [5, 5.41) is 2.71. The molecule has 1 atom stereocenters. The van der Waals surface area contributed by atoms with E-state index in [0.717, 1.165) is 11.1 Å². The maximum Gasteiger partial charge on any atom is 0.407 e. The third kappa shape index (κ3) is 1.47. The molecule has 1 aliphatic heterocycles. The van der Waals surface area contributed by atoms with Crippen LogP contribution in [-0.4, -0.2) is 17.7 Å². The first kappa shape index (κ1) is 8.04. The highest BCUT2D eigenvalue weighted by Gasteiger charge is 2.24. The Labute approximate surface area is 75.9 Å². The molecule has 0 aliphatic carbocycles. The Morgan fingerprint density at radius 3 is 3.15 bits per heavy atom. The Kier molecular flexibility index (Phi) is 1.88. The lowest BCUT2D eigenvalue weighted by molar-refractivity contribution is 0.177. The molecule has 1 saturated heterocycles. The van der Waals surface area contributed by atoms with E-state index < -0.39 is 0 Å². The van der Waals surface area contributed by atoms with Crippen LogP contribution in [0.25, 0.3) is 0 Å². The zero-order valence-electron chi connectivity index (χ0n) is 7.28. The van der Waals surface area contributed by atoms with Gasteiger partial charge in [-0.05, 0) is 24.1 Å². The van der Waals surface area contributed by atoms with Crippen LogP contribution in [0.3, 0.4) is 0 Å². The summed E-state index contributed by atoms with van der Waals surface area (Å²) < 4.78 is 4.80. The van der Waals surface area contributed by atoms with E-state index in [9.17, 15) is 4.79 Å². The molecule has 2 heterocycles. The molecule has 0 saturated carbocycles. The largest absolute Gasteiger partial charge is 0.447 e. The second kappa shape index (κ2) is 3.05. The summed E-state index contributed by atoms with van der Waals surface area (Å²) in [5.74, 6) is 0. The molecular formula is C9H10N2O2. The molecule has 1 aromatic heterocycles. The van der Waals surface area contributed by atoms with Gasteiger partial charge >= 0.3 is 6.09 Å². The lowest BCUT2D eigenvalue weighted by atomic mass is 10.1. The fraction of sp³-hybridized carbons (Fsp3) is 0.333. The van der Waals surface area contributed by atoms with Gasteiger partial charge in [0, 0.05) is 12.4 Å². The van der Waals surface area contributed by atoms with Crippen molar-refractivity contribution in [3.8, 4) is 0 Å². The second-order valence-corrected chi connectivity index (χ2v) is 3.03. The topological polar surface area (TPSA) is 51.2 Å². The van der Waals surface area contributed by atoms with E-state index in [2.05, 4.69) is 10.3 Å². The van der Waals surface area contributed by atoms with Crippen molar-refractivity contribution in [1.29, 1.82) is 0 Å². The molecule has 2 rings (SSSR count). The van der Waals surface area contributed by atoms with Gasteiger partial charge in [0.1, 0.15) is 6.61 Å². The normalized spacial score (nSPS) is 21.0. The molecular weight excluding hydrogens is 168 g/mol. The number of rotatable bonds is 1. The summed E-state index contributed by atoms with van der Waals surface area (Å²) in [6, 6.07) is 1.88. The molecule has 4 heteroatoms.